The van der Waals surface area contributed by atoms with Crippen molar-refractivity contribution in [3.8, 4) is 21.1 Å². The van der Waals surface area contributed by atoms with Crippen molar-refractivity contribution in [1.29, 1.82) is 0 Å². The molecule has 4 nitrogen and oxygen atoms in total. The molecule has 0 saturated carbocycles. The van der Waals surface area contributed by atoms with E-state index in [1.54, 1.807) is 22.7 Å². The minimum Gasteiger partial charge on any atom is -0.310 e. The lowest BCUT2D eigenvalue weighted by Gasteiger charge is -2.42. The van der Waals surface area contributed by atoms with Crippen LogP contribution in [0, 0.1) is 0 Å². The normalized spacial score (nSPS) is 14.8. The first-order chi connectivity index (χ1) is 31.2. The lowest BCUT2D eigenvalue weighted by molar-refractivity contribution is 0.632. The molecule has 9 aromatic carbocycles. The van der Waals surface area contributed by atoms with Crippen LogP contribution in [0.3, 0.4) is 0 Å². The van der Waals surface area contributed by atoms with Gasteiger partial charge in [-0.1, -0.05) is 137 Å². The molecule has 0 saturated heterocycles. The molecule has 306 valence electrons. The van der Waals surface area contributed by atoms with Crippen molar-refractivity contribution in [1.82, 2.24) is 9.97 Å². The molecule has 11 aromatic rings. The van der Waals surface area contributed by atoms with Gasteiger partial charge in [0.05, 0.1) is 48.9 Å². The Hall–Kier alpha value is -7.12. The third-order valence-electron chi connectivity index (χ3n) is 13.9. The fourth-order valence-corrected chi connectivity index (χ4v) is 12.7. The predicted molar refractivity (Wildman–Crippen MR) is 272 cm³/mol. The molecule has 2 aromatic heterocycles. The molecule has 4 heterocycles. The van der Waals surface area contributed by atoms with Crippen LogP contribution in [0.2, 0.25) is 0 Å². The number of hydrogen-bond acceptors (Lipinski definition) is 6. The molecule has 0 atom stereocenters. The minimum atomic E-state index is -0.187. The number of anilines is 6. The third-order valence-corrected chi connectivity index (χ3v) is 16.0. The summed E-state index contributed by atoms with van der Waals surface area (Å²) >= 11 is 3.52. The van der Waals surface area contributed by atoms with E-state index < -0.39 is 0 Å². The molecular formula is C58H42N4S2. The highest BCUT2D eigenvalue weighted by molar-refractivity contribution is 7.22. The fraction of sp³-hybridized carbons (Fsp3) is 0.103. The predicted octanol–water partition coefficient (Wildman–Crippen LogP) is 16.8. The largest absolute Gasteiger partial charge is 0.310 e. The topological polar surface area (TPSA) is 32.3 Å². The maximum Gasteiger partial charge on any atom is 0.125 e. The number of benzene rings is 9. The van der Waals surface area contributed by atoms with Gasteiger partial charge in [-0.3, -0.25) is 0 Å². The van der Waals surface area contributed by atoms with Gasteiger partial charge in [0.15, 0.2) is 0 Å². The Morgan fingerprint density at radius 1 is 0.375 bits per heavy atom. The first-order valence-corrected chi connectivity index (χ1v) is 23.6. The van der Waals surface area contributed by atoms with Crippen LogP contribution >= 0.6 is 22.7 Å². The van der Waals surface area contributed by atoms with Crippen LogP contribution in [-0.4, -0.2) is 9.97 Å². The van der Waals surface area contributed by atoms with E-state index in [-0.39, 0.29) is 10.8 Å². The minimum absolute atomic E-state index is 0.181. The van der Waals surface area contributed by atoms with Crippen LogP contribution in [0.25, 0.3) is 63.1 Å². The Morgan fingerprint density at radius 3 is 1.36 bits per heavy atom. The van der Waals surface area contributed by atoms with Crippen molar-refractivity contribution in [2.75, 3.05) is 9.80 Å². The highest BCUT2D eigenvalue weighted by Gasteiger charge is 2.39. The van der Waals surface area contributed by atoms with Gasteiger partial charge in [0.1, 0.15) is 10.0 Å². The van der Waals surface area contributed by atoms with Gasteiger partial charge < -0.3 is 9.80 Å². The summed E-state index contributed by atoms with van der Waals surface area (Å²) in [6.07, 6.45) is 0. The number of thiazole rings is 2. The summed E-state index contributed by atoms with van der Waals surface area (Å²) < 4.78 is 2.36. The molecule has 0 amide bonds. The Balaban J connectivity index is 1.17. The molecule has 0 N–H and O–H groups in total. The van der Waals surface area contributed by atoms with Gasteiger partial charge in [-0.2, -0.15) is 0 Å². The van der Waals surface area contributed by atoms with Crippen molar-refractivity contribution >= 4 is 98.8 Å². The quantitative estimate of drug-likeness (QED) is 0.165. The maximum absolute atomic E-state index is 5.34. The van der Waals surface area contributed by atoms with Gasteiger partial charge in [0, 0.05) is 33.0 Å². The van der Waals surface area contributed by atoms with Crippen molar-refractivity contribution < 1.29 is 0 Å². The van der Waals surface area contributed by atoms with Crippen molar-refractivity contribution in [3.63, 3.8) is 0 Å². The number of rotatable bonds is 4. The fourth-order valence-electron chi connectivity index (χ4n) is 10.7. The first-order valence-electron chi connectivity index (χ1n) is 22.0. The average Bonchev–Trinajstić information content (AvgIpc) is 3.97. The zero-order valence-corrected chi connectivity index (χ0v) is 37.6. The molecule has 6 heteroatoms. The second-order valence-electron chi connectivity index (χ2n) is 18.2. The Bertz CT molecular complexity index is 3560. The first kappa shape index (κ1) is 37.4. The van der Waals surface area contributed by atoms with Gasteiger partial charge in [-0.15, -0.1) is 22.7 Å². The summed E-state index contributed by atoms with van der Waals surface area (Å²) in [5.41, 5.74) is 16.1. The van der Waals surface area contributed by atoms with Crippen molar-refractivity contribution in [2.45, 2.75) is 38.5 Å². The molecule has 13 rings (SSSR count). The summed E-state index contributed by atoms with van der Waals surface area (Å²) in [6, 6.07) is 67.1. The standard InChI is InChI=1S/C58H42N4S2/c1-57(2)42-17-5-11-23-48(42)61(49-24-12-6-18-43(49)57)36-33-40-37(41(34-36)56-60-47-22-10-16-28-54(47)64-56)29-30-38-39(40)31-35(55-59-46-21-9-15-27-53(46)63-55)32-52(38)62-50-25-13-7-19-44(50)58(3,4)45-20-8-14-26-51(45)62/h5-34H,1-4H3. The van der Waals surface area contributed by atoms with E-state index in [9.17, 15) is 0 Å². The molecule has 0 unspecified atom stereocenters. The molecular weight excluding hydrogens is 817 g/mol. The number of nitrogens with zero attached hydrogens (tertiary/aromatic N) is 4. The summed E-state index contributed by atoms with van der Waals surface area (Å²) in [5.74, 6) is 0. The molecule has 2 aliphatic heterocycles. The Labute approximate surface area is 380 Å². The van der Waals surface area contributed by atoms with Gasteiger partial charge in [-0.05, 0) is 111 Å². The van der Waals surface area contributed by atoms with E-state index in [1.165, 1.54) is 75.9 Å². The second-order valence-corrected chi connectivity index (χ2v) is 20.3. The van der Waals surface area contributed by atoms with Gasteiger partial charge in [-0.25, -0.2) is 9.97 Å². The maximum atomic E-state index is 5.34. The van der Waals surface area contributed by atoms with E-state index in [0.29, 0.717) is 0 Å². The SMILES string of the molecule is CC1(C)c2ccccc2N(c2cc(-c3nc4ccccc4s3)c3ccc4c(N5c6ccccc6C(C)(C)c6ccccc65)cc(-c5nc6ccccc6s5)cc4c3c2)c2ccccc21. The molecule has 2 aliphatic rings. The van der Waals surface area contributed by atoms with E-state index in [4.69, 9.17) is 9.97 Å². The average molecular weight is 859 g/mol. The zero-order chi connectivity index (χ0) is 42.9. The van der Waals surface area contributed by atoms with E-state index in [1.807, 2.05) is 0 Å². The highest BCUT2D eigenvalue weighted by atomic mass is 32.1. The molecule has 64 heavy (non-hydrogen) atoms. The lowest BCUT2D eigenvalue weighted by Crippen LogP contribution is -2.30. The van der Waals surface area contributed by atoms with Crippen molar-refractivity contribution in [3.05, 3.63) is 204 Å². The highest BCUT2D eigenvalue weighted by Crippen LogP contribution is 2.56. The third kappa shape index (κ3) is 5.39. The number of para-hydroxylation sites is 6. The van der Waals surface area contributed by atoms with Crippen LogP contribution in [0.1, 0.15) is 49.9 Å². The van der Waals surface area contributed by atoms with Crippen LogP contribution in [0.4, 0.5) is 34.1 Å². The van der Waals surface area contributed by atoms with E-state index in [2.05, 4.69) is 219 Å². The monoisotopic (exact) mass is 858 g/mol. The summed E-state index contributed by atoms with van der Waals surface area (Å²) in [6.45, 7) is 9.42. The number of fused-ring (bicyclic) bond motifs is 9. The van der Waals surface area contributed by atoms with Crippen molar-refractivity contribution in [2.24, 2.45) is 0 Å². The molecule has 0 spiro atoms. The Kier molecular flexibility index (Phi) is 8.01. The summed E-state index contributed by atoms with van der Waals surface area (Å²) in [7, 11) is 0. The van der Waals surface area contributed by atoms with E-state index >= 15 is 0 Å². The molecule has 0 bridgehead atoms. The summed E-state index contributed by atoms with van der Waals surface area (Å²) in [4.78, 5) is 15.6. The molecule has 0 fully saturated rings. The number of aromatic nitrogens is 2. The van der Waals surface area contributed by atoms with Crippen LogP contribution in [-0.2, 0) is 10.8 Å². The van der Waals surface area contributed by atoms with Crippen LogP contribution < -0.4 is 9.80 Å². The molecule has 0 radical (unpaired) electrons. The van der Waals surface area contributed by atoms with Crippen LogP contribution in [0.5, 0.6) is 0 Å². The lowest BCUT2D eigenvalue weighted by atomic mass is 9.73. The number of hydrogen-bond donors (Lipinski definition) is 0. The van der Waals surface area contributed by atoms with Gasteiger partial charge in [0.25, 0.3) is 0 Å². The van der Waals surface area contributed by atoms with Crippen LogP contribution in [0.15, 0.2) is 182 Å². The summed E-state index contributed by atoms with van der Waals surface area (Å²) in [5, 5.41) is 6.70. The van der Waals surface area contributed by atoms with Gasteiger partial charge in [0.2, 0.25) is 0 Å². The smallest absolute Gasteiger partial charge is 0.125 e. The van der Waals surface area contributed by atoms with E-state index in [0.717, 1.165) is 43.6 Å². The zero-order valence-electron chi connectivity index (χ0n) is 35.9. The van der Waals surface area contributed by atoms with Gasteiger partial charge >= 0.3 is 0 Å². The molecule has 0 aliphatic carbocycles. The Morgan fingerprint density at radius 2 is 0.812 bits per heavy atom. The second kappa shape index (κ2) is 13.7.